The SMILES string of the molecule is NCCOB(Oc1ccc(Cl)cc1)Oc1ccc(-c2ccccc2)cc1. The number of rotatable bonds is 8. The van der Waals surface area contributed by atoms with Crippen molar-refractivity contribution in [3.63, 3.8) is 0 Å². The third-order valence-electron chi connectivity index (χ3n) is 3.61. The quantitative estimate of drug-likeness (QED) is 0.599. The number of hydrogen-bond donors (Lipinski definition) is 1. The van der Waals surface area contributed by atoms with Gasteiger partial charge in [-0.15, -0.1) is 0 Å². The van der Waals surface area contributed by atoms with Gasteiger partial charge < -0.3 is 19.7 Å². The summed E-state index contributed by atoms with van der Waals surface area (Å²) in [5.74, 6) is 1.23. The molecule has 0 aliphatic carbocycles. The van der Waals surface area contributed by atoms with Gasteiger partial charge in [-0.05, 0) is 47.5 Å². The largest absolute Gasteiger partial charge is 0.788 e. The van der Waals surface area contributed by atoms with E-state index in [0.29, 0.717) is 29.7 Å². The molecule has 4 nitrogen and oxygen atoms in total. The molecule has 0 saturated carbocycles. The molecular formula is C20H19BClNO3. The predicted octanol–water partition coefficient (Wildman–Crippen LogP) is 4.43. The Bertz CT molecular complexity index is 798. The third-order valence-corrected chi connectivity index (χ3v) is 3.86. The lowest BCUT2D eigenvalue weighted by Crippen LogP contribution is -2.35. The maximum absolute atomic E-state index is 5.89. The molecule has 0 heterocycles. The Morgan fingerprint density at radius 3 is 1.85 bits per heavy atom. The molecule has 2 N–H and O–H groups in total. The number of halogens is 1. The van der Waals surface area contributed by atoms with Crippen LogP contribution in [0.5, 0.6) is 11.5 Å². The van der Waals surface area contributed by atoms with Gasteiger partial charge >= 0.3 is 7.32 Å². The van der Waals surface area contributed by atoms with Crippen LogP contribution in [0.25, 0.3) is 11.1 Å². The van der Waals surface area contributed by atoms with Crippen LogP contribution < -0.4 is 15.0 Å². The Morgan fingerprint density at radius 2 is 1.27 bits per heavy atom. The average Bonchev–Trinajstić information content (AvgIpc) is 2.69. The number of hydrogen-bond acceptors (Lipinski definition) is 4. The van der Waals surface area contributed by atoms with Gasteiger partial charge in [0.05, 0.1) is 0 Å². The highest BCUT2D eigenvalue weighted by molar-refractivity contribution is 6.38. The zero-order valence-corrected chi connectivity index (χ0v) is 14.9. The van der Waals surface area contributed by atoms with E-state index in [1.807, 2.05) is 42.5 Å². The van der Waals surface area contributed by atoms with Crippen molar-refractivity contribution in [1.82, 2.24) is 0 Å². The van der Waals surface area contributed by atoms with Gasteiger partial charge in [-0.2, -0.15) is 0 Å². The topological polar surface area (TPSA) is 53.7 Å². The first-order valence-electron chi connectivity index (χ1n) is 8.30. The van der Waals surface area contributed by atoms with E-state index in [1.54, 1.807) is 24.3 Å². The monoisotopic (exact) mass is 367 g/mol. The Balaban J connectivity index is 1.68. The van der Waals surface area contributed by atoms with Gasteiger partial charge in [0.2, 0.25) is 0 Å². The van der Waals surface area contributed by atoms with E-state index >= 15 is 0 Å². The van der Waals surface area contributed by atoms with Crippen LogP contribution in [0.1, 0.15) is 0 Å². The van der Waals surface area contributed by atoms with Crippen LogP contribution in [-0.4, -0.2) is 20.5 Å². The summed E-state index contributed by atoms with van der Waals surface area (Å²) < 4.78 is 17.1. The summed E-state index contributed by atoms with van der Waals surface area (Å²) in [7, 11) is -0.901. The van der Waals surface area contributed by atoms with Crippen LogP contribution in [0, 0.1) is 0 Å². The van der Waals surface area contributed by atoms with Crippen molar-refractivity contribution in [2.75, 3.05) is 13.2 Å². The molecule has 0 unspecified atom stereocenters. The molecule has 0 fully saturated rings. The lowest BCUT2D eigenvalue weighted by molar-refractivity contribution is 0.207. The van der Waals surface area contributed by atoms with Crippen molar-refractivity contribution in [1.29, 1.82) is 0 Å². The summed E-state index contributed by atoms with van der Waals surface area (Å²) in [6.07, 6.45) is 0. The molecule has 3 aromatic carbocycles. The van der Waals surface area contributed by atoms with Crippen molar-refractivity contribution >= 4 is 18.9 Å². The Labute approximate surface area is 158 Å². The normalized spacial score (nSPS) is 10.4. The number of nitrogens with two attached hydrogens (primary N) is 1. The smallest absolute Gasteiger partial charge is 0.501 e. The first kappa shape index (κ1) is 18.3. The Kier molecular flexibility index (Phi) is 6.55. The minimum Gasteiger partial charge on any atom is -0.501 e. The molecule has 3 rings (SSSR count). The van der Waals surface area contributed by atoms with Crippen molar-refractivity contribution in [3.8, 4) is 22.6 Å². The maximum atomic E-state index is 5.89. The number of benzene rings is 3. The van der Waals surface area contributed by atoms with E-state index in [1.165, 1.54) is 0 Å². The van der Waals surface area contributed by atoms with Gasteiger partial charge in [0, 0.05) is 18.2 Å². The first-order chi connectivity index (χ1) is 12.7. The summed E-state index contributed by atoms with van der Waals surface area (Å²) in [5.41, 5.74) is 7.77. The van der Waals surface area contributed by atoms with Crippen LogP contribution in [-0.2, 0) is 4.65 Å². The van der Waals surface area contributed by atoms with Gasteiger partial charge in [-0.25, -0.2) is 0 Å². The minimum atomic E-state index is -0.901. The van der Waals surface area contributed by atoms with E-state index in [4.69, 9.17) is 31.3 Å². The molecule has 0 atom stereocenters. The van der Waals surface area contributed by atoms with Crippen molar-refractivity contribution in [2.24, 2.45) is 5.73 Å². The molecule has 0 saturated heterocycles. The van der Waals surface area contributed by atoms with E-state index in [2.05, 4.69) is 12.1 Å². The fourth-order valence-electron chi connectivity index (χ4n) is 2.35. The Morgan fingerprint density at radius 1 is 0.731 bits per heavy atom. The Hall–Kier alpha value is -2.47. The lowest BCUT2D eigenvalue weighted by atomic mass is 10.1. The summed E-state index contributed by atoms with van der Waals surface area (Å²) in [4.78, 5) is 0. The minimum absolute atomic E-state index is 0.320. The van der Waals surface area contributed by atoms with E-state index in [0.717, 1.165) is 11.1 Å². The molecule has 26 heavy (non-hydrogen) atoms. The summed E-state index contributed by atoms with van der Waals surface area (Å²) in [6.45, 7) is 0.692. The second-order valence-electron chi connectivity index (χ2n) is 5.53. The molecule has 0 radical (unpaired) electrons. The van der Waals surface area contributed by atoms with Gasteiger partial charge in [0.1, 0.15) is 11.5 Å². The highest BCUT2D eigenvalue weighted by Gasteiger charge is 2.26. The summed E-state index contributed by atoms with van der Waals surface area (Å²) in [5, 5.41) is 0.634. The van der Waals surface area contributed by atoms with Crippen LogP contribution >= 0.6 is 11.6 Å². The molecule has 0 amide bonds. The van der Waals surface area contributed by atoms with Crippen molar-refractivity contribution in [3.05, 3.63) is 83.9 Å². The molecule has 0 bridgehead atoms. The highest BCUT2D eigenvalue weighted by atomic mass is 35.5. The van der Waals surface area contributed by atoms with Crippen LogP contribution in [0.3, 0.4) is 0 Å². The third kappa shape index (κ3) is 5.26. The van der Waals surface area contributed by atoms with Crippen molar-refractivity contribution in [2.45, 2.75) is 0 Å². The zero-order chi connectivity index (χ0) is 18.2. The standard InChI is InChI=1S/C20H19BClNO3/c22-18-8-12-20(13-9-18)26-21(24-15-14-23)25-19-10-6-17(7-11-19)16-4-2-1-3-5-16/h1-13H,14-15,23H2. The second kappa shape index (κ2) is 9.29. The molecular weight excluding hydrogens is 348 g/mol. The van der Waals surface area contributed by atoms with Crippen LogP contribution in [0.2, 0.25) is 5.02 Å². The second-order valence-corrected chi connectivity index (χ2v) is 5.96. The predicted molar refractivity (Wildman–Crippen MR) is 105 cm³/mol. The van der Waals surface area contributed by atoms with Gasteiger partial charge in [-0.1, -0.05) is 54.1 Å². The van der Waals surface area contributed by atoms with E-state index in [-0.39, 0.29) is 0 Å². The molecule has 0 spiro atoms. The fraction of sp³-hybridized carbons (Fsp3) is 0.100. The van der Waals surface area contributed by atoms with Gasteiger partial charge in [-0.3, -0.25) is 0 Å². The maximum Gasteiger partial charge on any atom is 0.788 e. The molecule has 0 aliphatic heterocycles. The molecule has 0 aliphatic rings. The first-order valence-corrected chi connectivity index (χ1v) is 8.68. The van der Waals surface area contributed by atoms with Gasteiger partial charge in [0.15, 0.2) is 0 Å². The lowest BCUT2D eigenvalue weighted by Gasteiger charge is -2.16. The molecule has 132 valence electrons. The zero-order valence-electron chi connectivity index (χ0n) is 14.2. The average molecular weight is 368 g/mol. The molecule has 0 aromatic heterocycles. The molecule has 3 aromatic rings. The van der Waals surface area contributed by atoms with Crippen LogP contribution in [0.15, 0.2) is 78.9 Å². The van der Waals surface area contributed by atoms with Gasteiger partial charge in [0.25, 0.3) is 0 Å². The van der Waals surface area contributed by atoms with Crippen LogP contribution in [0.4, 0.5) is 0 Å². The fourth-order valence-corrected chi connectivity index (χ4v) is 2.47. The van der Waals surface area contributed by atoms with Crippen molar-refractivity contribution < 1.29 is 14.0 Å². The van der Waals surface area contributed by atoms with E-state index < -0.39 is 7.32 Å². The highest BCUT2D eigenvalue weighted by Crippen LogP contribution is 2.23. The molecule has 6 heteroatoms. The van der Waals surface area contributed by atoms with E-state index in [9.17, 15) is 0 Å². The summed E-state index contributed by atoms with van der Waals surface area (Å²) >= 11 is 5.89. The summed E-state index contributed by atoms with van der Waals surface area (Å²) in [6, 6.07) is 24.9.